The number of allylic oxidation sites excluding steroid dienone is 2. The summed E-state index contributed by atoms with van der Waals surface area (Å²) in [5.41, 5.74) is 3.28. The van der Waals surface area contributed by atoms with Crippen molar-refractivity contribution in [2.75, 3.05) is 0 Å². The molecule has 3 saturated carbocycles. The van der Waals surface area contributed by atoms with Gasteiger partial charge in [0, 0.05) is 10.4 Å². The van der Waals surface area contributed by atoms with Crippen LogP contribution in [0.25, 0.3) is 0 Å². The van der Waals surface area contributed by atoms with Crippen molar-refractivity contribution >= 4 is 11.6 Å². The van der Waals surface area contributed by atoms with E-state index < -0.39 is 0 Å². The molecule has 0 atom stereocenters. The summed E-state index contributed by atoms with van der Waals surface area (Å²) in [5.74, 6) is 0. The second-order valence-electron chi connectivity index (χ2n) is 6.87. The fourth-order valence-corrected chi connectivity index (χ4v) is 4.67. The SMILES string of the molecule is CC1(C)CCC(C#N)=C(C23CC(Cl)(C2)C3)C1. The molecule has 0 aromatic rings. The molecule has 0 amide bonds. The molecule has 0 spiro atoms. The molecule has 4 aliphatic rings. The van der Waals surface area contributed by atoms with Gasteiger partial charge in [0.2, 0.25) is 0 Å². The standard InChI is InChI=1S/C14H18ClN/c1-12(2)4-3-10(6-16)11(5-12)13-7-14(15,8-13)9-13/h3-5,7-9H2,1-2H3. The van der Waals surface area contributed by atoms with Crippen LogP contribution >= 0.6 is 11.6 Å². The van der Waals surface area contributed by atoms with E-state index in [1.54, 1.807) is 0 Å². The average molecular weight is 236 g/mol. The van der Waals surface area contributed by atoms with Crippen LogP contribution in [-0.4, -0.2) is 4.87 Å². The van der Waals surface area contributed by atoms with Gasteiger partial charge in [0.1, 0.15) is 0 Å². The van der Waals surface area contributed by atoms with Crippen molar-refractivity contribution in [3.63, 3.8) is 0 Å². The predicted molar refractivity (Wildman–Crippen MR) is 65.1 cm³/mol. The zero-order valence-corrected chi connectivity index (χ0v) is 10.8. The molecule has 0 aromatic heterocycles. The molecule has 0 N–H and O–H groups in total. The number of nitriles is 1. The number of hydrogen-bond donors (Lipinski definition) is 0. The Morgan fingerprint density at radius 2 is 1.88 bits per heavy atom. The van der Waals surface area contributed by atoms with E-state index >= 15 is 0 Å². The number of nitrogens with zero attached hydrogens (tertiary/aromatic N) is 1. The van der Waals surface area contributed by atoms with Gasteiger partial charge in [0.15, 0.2) is 0 Å². The normalized spacial score (nSPS) is 44.4. The third-order valence-electron chi connectivity index (χ3n) is 4.81. The van der Waals surface area contributed by atoms with E-state index in [9.17, 15) is 5.26 Å². The smallest absolute Gasteiger partial charge is 0.0946 e. The quantitative estimate of drug-likeness (QED) is 0.626. The summed E-state index contributed by atoms with van der Waals surface area (Å²) < 4.78 is 0. The summed E-state index contributed by atoms with van der Waals surface area (Å²) in [6, 6.07) is 2.44. The van der Waals surface area contributed by atoms with Crippen LogP contribution < -0.4 is 0 Å². The van der Waals surface area contributed by atoms with Crippen molar-refractivity contribution in [1.82, 2.24) is 0 Å². The lowest BCUT2D eigenvalue weighted by Gasteiger charge is -2.69. The fraction of sp³-hybridized carbons (Fsp3) is 0.786. The van der Waals surface area contributed by atoms with Crippen molar-refractivity contribution < 1.29 is 0 Å². The zero-order valence-electron chi connectivity index (χ0n) is 10.1. The number of rotatable bonds is 1. The van der Waals surface area contributed by atoms with Crippen LogP contribution in [-0.2, 0) is 0 Å². The molecule has 0 unspecified atom stereocenters. The molecule has 86 valence electrons. The largest absolute Gasteiger partial charge is 0.193 e. The maximum absolute atomic E-state index is 9.26. The molecular formula is C14H18ClN. The molecule has 3 fully saturated rings. The van der Waals surface area contributed by atoms with Gasteiger partial charge in [-0.2, -0.15) is 5.26 Å². The van der Waals surface area contributed by atoms with Crippen LogP contribution in [0.4, 0.5) is 0 Å². The van der Waals surface area contributed by atoms with E-state index in [1.807, 2.05) is 0 Å². The highest BCUT2D eigenvalue weighted by atomic mass is 35.5. The summed E-state index contributed by atoms with van der Waals surface area (Å²) in [4.78, 5) is 0.120. The summed E-state index contributed by atoms with van der Waals surface area (Å²) in [5, 5.41) is 9.26. The Bertz CT molecular complexity index is 405. The molecule has 0 aliphatic heterocycles. The molecule has 0 saturated heterocycles. The van der Waals surface area contributed by atoms with Crippen molar-refractivity contribution in [2.45, 2.75) is 57.2 Å². The van der Waals surface area contributed by atoms with Gasteiger partial charge in [-0.05, 0) is 54.9 Å². The Labute approximate surface area is 102 Å². The van der Waals surface area contributed by atoms with Crippen LogP contribution in [0.15, 0.2) is 11.1 Å². The first kappa shape index (κ1) is 10.7. The van der Waals surface area contributed by atoms with Gasteiger partial charge in [0.05, 0.1) is 6.07 Å². The van der Waals surface area contributed by atoms with Crippen LogP contribution in [0.3, 0.4) is 0 Å². The molecule has 0 radical (unpaired) electrons. The molecule has 4 aliphatic carbocycles. The Morgan fingerprint density at radius 3 is 2.38 bits per heavy atom. The minimum Gasteiger partial charge on any atom is -0.193 e. The first-order chi connectivity index (χ1) is 7.38. The van der Waals surface area contributed by atoms with Crippen molar-refractivity contribution in [3.8, 4) is 6.07 Å². The highest BCUT2D eigenvalue weighted by molar-refractivity contribution is 6.26. The Kier molecular flexibility index (Phi) is 1.90. The van der Waals surface area contributed by atoms with E-state index in [0.717, 1.165) is 44.1 Å². The lowest BCUT2D eigenvalue weighted by Crippen LogP contribution is -2.64. The van der Waals surface area contributed by atoms with Crippen LogP contribution in [0, 0.1) is 22.2 Å². The topological polar surface area (TPSA) is 23.8 Å². The zero-order chi connectivity index (χ0) is 11.6. The van der Waals surface area contributed by atoms with Crippen LogP contribution in [0.5, 0.6) is 0 Å². The van der Waals surface area contributed by atoms with Gasteiger partial charge in [-0.3, -0.25) is 0 Å². The second kappa shape index (κ2) is 2.85. The molecule has 16 heavy (non-hydrogen) atoms. The molecular weight excluding hydrogens is 218 g/mol. The van der Waals surface area contributed by atoms with Gasteiger partial charge in [0.25, 0.3) is 0 Å². The highest BCUT2D eigenvalue weighted by Crippen LogP contribution is 2.75. The van der Waals surface area contributed by atoms with Crippen LogP contribution in [0.2, 0.25) is 0 Å². The van der Waals surface area contributed by atoms with Crippen LogP contribution in [0.1, 0.15) is 52.4 Å². The van der Waals surface area contributed by atoms with Gasteiger partial charge < -0.3 is 0 Å². The number of halogens is 1. The van der Waals surface area contributed by atoms with Gasteiger partial charge >= 0.3 is 0 Å². The third-order valence-corrected chi connectivity index (χ3v) is 5.21. The molecule has 2 bridgehead atoms. The number of alkyl halides is 1. The third kappa shape index (κ3) is 1.29. The van der Waals surface area contributed by atoms with Gasteiger partial charge in [-0.25, -0.2) is 0 Å². The summed E-state index contributed by atoms with van der Waals surface area (Å²) >= 11 is 6.34. The maximum Gasteiger partial charge on any atom is 0.0946 e. The summed E-state index contributed by atoms with van der Waals surface area (Å²) in [7, 11) is 0. The van der Waals surface area contributed by atoms with E-state index in [1.165, 1.54) is 5.57 Å². The minimum absolute atomic E-state index is 0.120. The summed E-state index contributed by atoms with van der Waals surface area (Å²) in [6.45, 7) is 4.64. The lowest BCUT2D eigenvalue weighted by molar-refractivity contribution is -0.0526. The van der Waals surface area contributed by atoms with E-state index in [2.05, 4.69) is 19.9 Å². The first-order valence-corrected chi connectivity index (χ1v) is 6.58. The molecule has 1 nitrogen and oxygen atoms in total. The monoisotopic (exact) mass is 235 g/mol. The average Bonchev–Trinajstić information content (AvgIpc) is 2.10. The van der Waals surface area contributed by atoms with E-state index in [4.69, 9.17) is 11.6 Å². The van der Waals surface area contributed by atoms with Crippen molar-refractivity contribution in [2.24, 2.45) is 10.8 Å². The Hall–Kier alpha value is -0.480. The fourth-order valence-electron chi connectivity index (χ4n) is 3.90. The maximum atomic E-state index is 9.26. The molecule has 0 heterocycles. The molecule has 2 heteroatoms. The van der Waals surface area contributed by atoms with Gasteiger partial charge in [-0.1, -0.05) is 13.8 Å². The van der Waals surface area contributed by atoms with Gasteiger partial charge in [-0.15, -0.1) is 11.6 Å². The van der Waals surface area contributed by atoms with Crippen molar-refractivity contribution in [1.29, 1.82) is 5.26 Å². The second-order valence-corrected chi connectivity index (χ2v) is 7.67. The van der Waals surface area contributed by atoms with Crippen molar-refractivity contribution in [3.05, 3.63) is 11.1 Å². The Morgan fingerprint density at radius 1 is 1.25 bits per heavy atom. The highest BCUT2D eigenvalue weighted by Gasteiger charge is 2.69. The molecule has 4 rings (SSSR count). The predicted octanol–water partition coefficient (Wildman–Crippen LogP) is 4.18. The number of hydrogen-bond acceptors (Lipinski definition) is 1. The minimum atomic E-state index is 0.120. The van der Waals surface area contributed by atoms with E-state index in [-0.39, 0.29) is 4.87 Å². The summed E-state index contributed by atoms with van der Waals surface area (Å²) in [6.07, 6.45) is 6.62. The Balaban J connectivity index is 1.92. The first-order valence-electron chi connectivity index (χ1n) is 6.20. The van der Waals surface area contributed by atoms with E-state index in [0.29, 0.717) is 10.8 Å². The molecule has 0 aromatic carbocycles. The lowest BCUT2D eigenvalue weighted by atomic mass is 9.39.